The van der Waals surface area contributed by atoms with Crippen LogP contribution in [0.3, 0.4) is 0 Å². The minimum Gasteiger partial charge on any atom is -0.483 e. The summed E-state index contributed by atoms with van der Waals surface area (Å²) in [5.41, 5.74) is 2.49. The number of imidazole rings is 1. The van der Waals surface area contributed by atoms with Crippen molar-refractivity contribution in [2.75, 3.05) is 18.0 Å². The van der Waals surface area contributed by atoms with E-state index >= 15 is 0 Å². The molecule has 0 aliphatic carbocycles. The molecule has 2 N–H and O–H groups in total. The van der Waals surface area contributed by atoms with Crippen molar-refractivity contribution in [1.82, 2.24) is 24.5 Å². The van der Waals surface area contributed by atoms with Crippen molar-refractivity contribution in [3.63, 3.8) is 0 Å². The smallest absolute Gasteiger partial charge is 0.312 e. The molecule has 0 bridgehead atoms. The van der Waals surface area contributed by atoms with E-state index in [-0.39, 0.29) is 24.0 Å². The van der Waals surface area contributed by atoms with E-state index in [4.69, 9.17) is 14.6 Å². The van der Waals surface area contributed by atoms with E-state index in [1.807, 2.05) is 36.8 Å². The van der Waals surface area contributed by atoms with Gasteiger partial charge in [0.1, 0.15) is 23.9 Å². The maximum absolute atomic E-state index is 12.9. The predicted octanol–water partition coefficient (Wildman–Crippen LogP) is 2.61. The molecule has 1 unspecified atom stereocenters. The van der Waals surface area contributed by atoms with Gasteiger partial charge in [-0.3, -0.25) is 9.59 Å². The van der Waals surface area contributed by atoms with Gasteiger partial charge in [0.15, 0.2) is 0 Å². The fraction of sp³-hybridized carbons (Fsp3) is 0.348. The molecule has 1 aromatic carbocycles. The maximum Gasteiger partial charge on any atom is 0.312 e. The highest BCUT2D eigenvalue weighted by Gasteiger charge is 2.50. The lowest BCUT2D eigenvalue weighted by Crippen LogP contribution is -2.43. The lowest BCUT2D eigenvalue weighted by Gasteiger charge is -2.37. The van der Waals surface area contributed by atoms with E-state index in [0.717, 1.165) is 60.2 Å². The van der Waals surface area contributed by atoms with Crippen molar-refractivity contribution in [2.45, 2.75) is 31.9 Å². The Hall–Kier alpha value is -3.95. The number of hydrogen-bond acceptors (Lipinski definition) is 7. The number of piperidine rings is 1. The van der Waals surface area contributed by atoms with Gasteiger partial charge in [-0.2, -0.15) is 0 Å². The summed E-state index contributed by atoms with van der Waals surface area (Å²) in [5, 5.41) is 7.91. The van der Waals surface area contributed by atoms with Crippen LogP contribution in [0.25, 0.3) is 22.1 Å². The molecule has 0 radical (unpaired) electrons. The van der Waals surface area contributed by atoms with Gasteiger partial charge in [0.2, 0.25) is 0 Å². The molecule has 33 heavy (non-hydrogen) atoms. The molecule has 5 heterocycles. The lowest BCUT2D eigenvalue weighted by molar-refractivity contribution is -0.150. The molecular formula is C23H24N6O4. The second-order valence-electron chi connectivity index (χ2n) is 8.43. The van der Waals surface area contributed by atoms with E-state index < -0.39 is 0 Å². The van der Waals surface area contributed by atoms with E-state index in [0.29, 0.717) is 6.54 Å². The third-order valence-corrected chi connectivity index (χ3v) is 6.61. The highest BCUT2D eigenvalue weighted by molar-refractivity contribution is 5.87. The minimum absolute atomic E-state index is 0.0500. The molecule has 0 saturated carbocycles. The number of cyclic esters (lactones) is 1. The van der Waals surface area contributed by atoms with Crippen molar-refractivity contribution in [1.29, 1.82) is 0 Å². The predicted molar refractivity (Wildman–Crippen MR) is 121 cm³/mol. The Kier molecular flexibility index (Phi) is 5.41. The van der Waals surface area contributed by atoms with Gasteiger partial charge in [0.05, 0.1) is 34.7 Å². The van der Waals surface area contributed by atoms with Crippen LogP contribution in [0.15, 0.2) is 49.2 Å². The molecule has 3 aromatic heterocycles. The van der Waals surface area contributed by atoms with Crippen LogP contribution in [0.1, 0.15) is 19.3 Å². The Morgan fingerprint density at radius 2 is 1.97 bits per heavy atom. The molecule has 170 valence electrons. The standard InChI is InChI=1S/C22H22N6O2.CH2O2/c29-21-22(11-15(30-21)12-28-14-26-17-3-1-2-4-18(17)28)6-9-27(10-7-22)20-16-5-8-23-19(16)24-13-25-20;2-1-3/h1-5,8,13-15H,6-7,9-12H2,(H,23,24,25);1H,(H,2,3). The van der Waals surface area contributed by atoms with E-state index in [1.165, 1.54) is 0 Å². The van der Waals surface area contributed by atoms with Crippen molar-refractivity contribution in [3.05, 3.63) is 49.2 Å². The van der Waals surface area contributed by atoms with E-state index in [1.54, 1.807) is 6.33 Å². The summed E-state index contributed by atoms with van der Waals surface area (Å²) >= 11 is 0. The highest BCUT2D eigenvalue weighted by atomic mass is 16.6. The summed E-state index contributed by atoms with van der Waals surface area (Å²) in [6, 6.07) is 10.0. The van der Waals surface area contributed by atoms with Crippen LogP contribution in [-0.4, -0.2) is 61.2 Å². The lowest BCUT2D eigenvalue weighted by atomic mass is 9.76. The first-order valence-corrected chi connectivity index (χ1v) is 10.9. The average Bonchev–Trinajstić information content (AvgIpc) is 3.54. The van der Waals surface area contributed by atoms with Crippen LogP contribution >= 0.6 is 0 Å². The number of ether oxygens (including phenoxy) is 1. The molecule has 10 heteroatoms. The number of aromatic amines is 1. The molecule has 2 fully saturated rings. The molecule has 1 spiro atoms. The fourth-order valence-corrected chi connectivity index (χ4v) is 4.98. The summed E-state index contributed by atoms with van der Waals surface area (Å²) in [5.74, 6) is 0.884. The Balaban J connectivity index is 0.000000724. The minimum atomic E-state index is -0.387. The van der Waals surface area contributed by atoms with Gasteiger partial charge in [-0.15, -0.1) is 0 Å². The first-order chi connectivity index (χ1) is 16.1. The van der Waals surface area contributed by atoms with Gasteiger partial charge < -0.3 is 24.3 Å². The summed E-state index contributed by atoms with van der Waals surface area (Å²) < 4.78 is 7.93. The number of hydrogen-bond donors (Lipinski definition) is 2. The molecule has 0 amide bonds. The number of nitrogens with one attached hydrogen (secondary N) is 1. The normalized spacial score (nSPS) is 19.5. The Morgan fingerprint density at radius 1 is 1.18 bits per heavy atom. The third-order valence-electron chi connectivity index (χ3n) is 6.61. The third kappa shape index (κ3) is 3.77. The summed E-state index contributed by atoms with van der Waals surface area (Å²) in [7, 11) is 0. The average molecular weight is 448 g/mol. The molecule has 10 nitrogen and oxygen atoms in total. The number of carboxylic acid groups (broad SMARTS) is 1. The number of benzene rings is 1. The zero-order valence-electron chi connectivity index (χ0n) is 17.9. The fourth-order valence-electron chi connectivity index (χ4n) is 4.98. The van der Waals surface area contributed by atoms with Crippen molar-refractivity contribution >= 4 is 40.3 Å². The number of carbonyl (C=O) groups is 2. The number of fused-ring (bicyclic) bond motifs is 2. The van der Waals surface area contributed by atoms with Crippen molar-refractivity contribution in [2.24, 2.45) is 5.41 Å². The Morgan fingerprint density at radius 3 is 2.79 bits per heavy atom. The number of anilines is 1. The van der Waals surface area contributed by atoms with Gasteiger partial charge in [-0.05, 0) is 31.0 Å². The monoisotopic (exact) mass is 448 g/mol. The van der Waals surface area contributed by atoms with Crippen molar-refractivity contribution < 1.29 is 19.4 Å². The zero-order valence-corrected chi connectivity index (χ0v) is 17.9. The first-order valence-electron chi connectivity index (χ1n) is 10.9. The summed E-state index contributed by atoms with van der Waals surface area (Å²) in [4.78, 5) is 39.8. The SMILES string of the molecule is O=C1OC(Cn2cnc3ccccc32)CC12CCN(c1ncnc3[nH]ccc13)CC2.O=CO. The van der Waals surface area contributed by atoms with Gasteiger partial charge in [0.25, 0.3) is 6.47 Å². The number of carbonyl (C=O) groups excluding carboxylic acids is 1. The number of rotatable bonds is 3. The summed E-state index contributed by atoms with van der Waals surface area (Å²) in [6.07, 6.45) is 7.52. The molecule has 6 rings (SSSR count). The van der Waals surface area contributed by atoms with Gasteiger partial charge >= 0.3 is 5.97 Å². The molecule has 2 aliphatic rings. The number of nitrogens with zero attached hydrogens (tertiary/aromatic N) is 5. The van der Waals surface area contributed by atoms with Crippen LogP contribution in [0.2, 0.25) is 0 Å². The second-order valence-corrected chi connectivity index (χ2v) is 8.43. The van der Waals surface area contributed by atoms with E-state index in [9.17, 15) is 4.79 Å². The van der Waals surface area contributed by atoms with Crippen LogP contribution in [-0.2, 0) is 20.9 Å². The van der Waals surface area contributed by atoms with Gasteiger partial charge in [0, 0.05) is 25.7 Å². The van der Waals surface area contributed by atoms with E-state index in [2.05, 4.69) is 35.5 Å². The second kappa shape index (κ2) is 8.53. The largest absolute Gasteiger partial charge is 0.483 e. The molecular weight excluding hydrogens is 424 g/mol. The van der Waals surface area contributed by atoms with Gasteiger partial charge in [-0.1, -0.05) is 12.1 Å². The molecule has 2 saturated heterocycles. The number of para-hydroxylation sites is 2. The van der Waals surface area contributed by atoms with Crippen LogP contribution in [0, 0.1) is 5.41 Å². The summed E-state index contributed by atoms with van der Waals surface area (Å²) in [6.45, 7) is 1.97. The van der Waals surface area contributed by atoms with Crippen LogP contribution < -0.4 is 4.90 Å². The Bertz CT molecular complexity index is 1290. The quantitative estimate of drug-likeness (QED) is 0.362. The maximum atomic E-state index is 12.9. The topological polar surface area (TPSA) is 126 Å². The molecule has 4 aromatic rings. The molecule has 1 atom stereocenters. The number of H-pyrrole nitrogens is 1. The zero-order chi connectivity index (χ0) is 22.8. The molecule has 2 aliphatic heterocycles. The number of aromatic nitrogens is 5. The number of esters is 1. The van der Waals surface area contributed by atoms with Crippen LogP contribution in [0.5, 0.6) is 0 Å². The van der Waals surface area contributed by atoms with Gasteiger partial charge in [-0.25, -0.2) is 15.0 Å². The van der Waals surface area contributed by atoms with Crippen LogP contribution in [0.4, 0.5) is 5.82 Å². The Labute approximate surface area is 189 Å². The highest BCUT2D eigenvalue weighted by Crippen LogP contribution is 2.44. The van der Waals surface area contributed by atoms with Crippen molar-refractivity contribution in [3.8, 4) is 0 Å². The first kappa shape index (κ1) is 20.9.